The molecule has 2 aliphatic heterocycles. The molecule has 2 aliphatic carbocycles. The SMILES string of the molecule is CC1(C)C(OC2CCN(CCOc3ccc([C@@H]4c5ccc(O)cc5CC[C@@H]4c4ccccc4)cc3)CC2)=CC=C1C(=O)NC1CCC(=O)NC1=O. The highest BCUT2D eigenvalue weighted by Gasteiger charge is 2.40. The Hall–Kier alpha value is -4.89. The third-order valence-corrected chi connectivity index (χ3v) is 11.0. The van der Waals surface area contributed by atoms with Crippen molar-refractivity contribution in [1.82, 2.24) is 15.5 Å². The largest absolute Gasteiger partial charge is 0.508 e. The number of benzene rings is 3. The highest BCUT2D eigenvalue weighted by Crippen LogP contribution is 2.47. The minimum Gasteiger partial charge on any atom is -0.508 e. The third kappa shape index (κ3) is 7.59. The molecule has 4 aliphatic rings. The van der Waals surface area contributed by atoms with Gasteiger partial charge in [-0.25, -0.2) is 0 Å². The van der Waals surface area contributed by atoms with Crippen molar-refractivity contribution in [3.05, 3.63) is 119 Å². The summed E-state index contributed by atoms with van der Waals surface area (Å²) in [7, 11) is 0. The molecule has 7 rings (SSSR count). The number of carbonyl (C=O) groups is 3. The highest BCUT2D eigenvalue weighted by molar-refractivity contribution is 6.04. The van der Waals surface area contributed by atoms with E-state index in [0.29, 0.717) is 30.3 Å². The van der Waals surface area contributed by atoms with E-state index in [9.17, 15) is 19.5 Å². The van der Waals surface area contributed by atoms with Gasteiger partial charge in [-0.3, -0.25) is 24.6 Å². The van der Waals surface area contributed by atoms with Crippen molar-refractivity contribution in [3.8, 4) is 11.5 Å². The van der Waals surface area contributed by atoms with E-state index in [4.69, 9.17) is 9.47 Å². The predicted octanol–water partition coefficient (Wildman–Crippen LogP) is 5.89. The van der Waals surface area contributed by atoms with Crippen molar-refractivity contribution >= 4 is 17.7 Å². The number of nitrogens with one attached hydrogen (secondary N) is 2. The Labute approximate surface area is 299 Å². The fourth-order valence-electron chi connectivity index (χ4n) is 8.09. The molecule has 0 bridgehead atoms. The lowest BCUT2D eigenvalue weighted by Crippen LogP contribution is -2.53. The number of imide groups is 1. The van der Waals surface area contributed by atoms with Crippen molar-refractivity contribution in [1.29, 1.82) is 0 Å². The van der Waals surface area contributed by atoms with Crippen LogP contribution in [-0.4, -0.2) is 66.1 Å². The molecule has 3 amide bonds. The molecule has 51 heavy (non-hydrogen) atoms. The Kier molecular flexibility index (Phi) is 10.0. The van der Waals surface area contributed by atoms with Gasteiger partial charge in [0.05, 0.1) is 5.41 Å². The fraction of sp³-hybridized carbons (Fsp3) is 0.405. The van der Waals surface area contributed by atoms with Gasteiger partial charge < -0.3 is 19.9 Å². The Morgan fingerprint density at radius 2 is 1.69 bits per heavy atom. The van der Waals surface area contributed by atoms with Crippen LogP contribution in [0.25, 0.3) is 0 Å². The summed E-state index contributed by atoms with van der Waals surface area (Å²) < 4.78 is 12.7. The van der Waals surface area contributed by atoms with Crippen LogP contribution in [0.4, 0.5) is 0 Å². The van der Waals surface area contributed by atoms with Crippen LogP contribution >= 0.6 is 0 Å². The highest BCUT2D eigenvalue weighted by atomic mass is 16.5. The molecule has 0 radical (unpaired) electrons. The van der Waals surface area contributed by atoms with Gasteiger partial charge in [0.2, 0.25) is 17.7 Å². The summed E-state index contributed by atoms with van der Waals surface area (Å²) in [5, 5.41) is 15.2. The normalized spacial score (nSPS) is 23.5. The first kappa shape index (κ1) is 34.6. The van der Waals surface area contributed by atoms with E-state index < -0.39 is 17.4 Å². The minimum atomic E-state index is -0.714. The molecule has 2 heterocycles. The van der Waals surface area contributed by atoms with Crippen LogP contribution in [0.1, 0.15) is 80.0 Å². The number of allylic oxidation sites excluding steroid dienone is 3. The summed E-state index contributed by atoms with van der Waals surface area (Å²) in [5.74, 6) is 1.42. The van der Waals surface area contributed by atoms with Gasteiger partial charge in [-0.1, -0.05) is 48.5 Å². The zero-order chi connectivity index (χ0) is 35.5. The molecule has 2 saturated heterocycles. The molecule has 266 valence electrons. The van der Waals surface area contributed by atoms with Crippen molar-refractivity contribution < 1.29 is 29.0 Å². The lowest BCUT2D eigenvalue weighted by atomic mass is 9.69. The second kappa shape index (κ2) is 14.8. The predicted molar refractivity (Wildman–Crippen MR) is 194 cm³/mol. The summed E-state index contributed by atoms with van der Waals surface area (Å²) in [6, 6.07) is 24.4. The monoisotopic (exact) mass is 689 g/mol. The molecule has 0 spiro atoms. The number of phenolic OH excluding ortho intramolecular Hbond substituents is 1. The van der Waals surface area contributed by atoms with E-state index in [1.807, 2.05) is 26.0 Å². The Bertz CT molecular complexity index is 1820. The van der Waals surface area contributed by atoms with E-state index in [2.05, 4.69) is 76.2 Å². The molecule has 3 atom stereocenters. The number of amides is 3. The van der Waals surface area contributed by atoms with Gasteiger partial charge >= 0.3 is 0 Å². The number of rotatable bonds is 10. The van der Waals surface area contributed by atoms with Crippen LogP contribution in [0.3, 0.4) is 0 Å². The Morgan fingerprint density at radius 3 is 2.43 bits per heavy atom. The number of fused-ring (bicyclic) bond motifs is 1. The van der Waals surface area contributed by atoms with Crippen molar-refractivity contribution in [2.75, 3.05) is 26.2 Å². The summed E-state index contributed by atoms with van der Waals surface area (Å²) >= 11 is 0. The van der Waals surface area contributed by atoms with Gasteiger partial charge in [0.15, 0.2) is 0 Å². The lowest BCUT2D eigenvalue weighted by molar-refractivity contribution is -0.136. The van der Waals surface area contributed by atoms with Crippen LogP contribution in [0.15, 0.2) is 96.3 Å². The van der Waals surface area contributed by atoms with Gasteiger partial charge in [-0.2, -0.15) is 0 Å². The van der Waals surface area contributed by atoms with Gasteiger partial charge in [0.25, 0.3) is 0 Å². The quantitative estimate of drug-likeness (QED) is 0.228. The Balaban J connectivity index is 0.880. The van der Waals surface area contributed by atoms with Crippen molar-refractivity contribution in [3.63, 3.8) is 0 Å². The Morgan fingerprint density at radius 1 is 0.922 bits per heavy atom. The van der Waals surface area contributed by atoms with Gasteiger partial charge in [0, 0.05) is 37.5 Å². The van der Waals surface area contributed by atoms with Crippen LogP contribution in [0.2, 0.25) is 0 Å². The van der Waals surface area contributed by atoms with Crippen LogP contribution in [0.5, 0.6) is 11.5 Å². The summed E-state index contributed by atoms with van der Waals surface area (Å²) in [6.07, 6.45) is 7.94. The standard InChI is InChI=1S/C42H47N3O6/c1-42(2)35(40(48)43-36-17-19-38(47)44-41(36)49)16-18-37(42)51-32-20-22-45(23-21-32)24-25-50-31-12-8-28(9-13-31)39-33(27-6-4-3-5-7-27)14-10-29-26-30(46)11-15-34(29)39/h3-9,11-13,15-16,18,26,32-33,36,39,46H,10,14,17,19-25H2,1-2H3,(H,43,48)(H,44,47,49)/t33-,36?,39+/m1/s1. The van der Waals surface area contributed by atoms with Crippen LogP contribution in [0, 0.1) is 5.41 Å². The summed E-state index contributed by atoms with van der Waals surface area (Å²) in [6.45, 7) is 7.13. The van der Waals surface area contributed by atoms with Crippen molar-refractivity contribution in [2.45, 2.75) is 76.4 Å². The maximum absolute atomic E-state index is 13.1. The smallest absolute Gasteiger partial charge is 0.249 e. The molecule has 0 saturated carbocycles. The van der Waals surface area contributed by atoms with E-state index in [-0.39, 0.29) is 30.3 Å². The average molecular weight is 690 g/mol. The number of nitrogens with zero attached hydrogens (tertiary/aromatic N) is 1. The molecular weight excluding hydrogens is 642 g/mol. The maximum atomic E-state index is 13.1. The second-order valence-corrected chi connectivity index (χ2v) is 14.7. The zero-order valence-corrected chi connectivity index (χ0v) is 29.4. The molecule has 3 aromatic rings. The van der Waals surface area contributed by atoms with Crippen LogP contribution < -0.4 is 15.4 Å². The number of carbonyl (C=O) groups excluding carboxylic acids is 3. The first-order chi connectivity index (χ1) is 24.7. The number of phenols is 1. The van der Waals surface area contributed by atoms with Gasteiger partial charge in [0.1, 0.15) is 36.0 Å². The molecule has 3 aromatic carbocycles. The van der Waals surface area contributed by atoms with E-state index in [1.165, 1.54) is 22.3 Å². The van der Waals surface area contributed by atoms with E-state index >= 15 is 0 Å². The number of hydrogen-bond donors (Lipinski definition) is 3. The zero-order valence-electron chi connectivity index (χ0n) is 29.4. The minimum absolute atomic E-state index is 0.0554. The molecular formula is C42H47N3O6. The topological polar surface area (TPSA) is 117 Å². The van der Waals surface area contributed by atoms with E-state index in [1.54, 1.807) is 12.1 Å². The van der Waals surface area contributed by atoms with Crippen LogP contribution in [-0.2, 0) is 25.5 Å². The van der Waals surface area contributed by atoms with Crippen molar-refractivity contribution in [2.24, 2.45) is 5.41 Å². The average Bonchev–Trinajstić information content (AvgIpc) is 3.43. The molecule has 0 aromatic heterocycles. The number of aryl methyl sites for hydroxylation is 1. The number of ether oxygens (including phenoxy) is 2. The second-order valence-electron chi connectivity index (χ2n) is 14.7. The summed E-state index contributed by atoms with van der Waals surface area (Å²) in [5.41, 5.74) is 5.02. The van der Waals surface area contributed by atoms with Gasteiger partial charge in [-0.15, -0.1) is 0 Å². The molecule has 3 N–H and O–H groups in total. The third-order valence-electron chi connectivity index (χ3n) is 11.0. The molecule has 1 unspecified atom stereocenters. The number of hydrogen-bond acceptors (Lipinski definition) is 7. The first-order valence-corrected chi connectivity index (χ1v) is 18.2. The molecule has 2 fully saturated rings. The molecule has 9 nitrogen and oxygen atoms in total. The number of likely N-dealkylation sites (tertiary alicyclic amines) is 1. The maximum Gasteiger partial charge on any atom is 0.249 e. The first-order valence-electron chi connectivity index (χ1n) is 18.2. The van der Waals surface area contributed by atoms with Gasteiger partial charge in [-0.05, 0) is 111 Å². The fourth-order valence-corrected chi connectivity index (χ4v) is 8.09. The number of aromatic hydroxyl groups is 1. The van der Waals surface area contributed by atoms with E-state index in [0.717, 1.165) is 56.8 Å². The summed E-state index contributed by atoms with van der Waals surface area (Å²) in [4.78, 5) is 39.1. The lowest BCUT2D eigenvalue weighted by Gasteiger charge is -2.35. The molecule has 9 heteroatoms. The number of piperidine rings is 2.